The number of hydrogen-bond acceptors (Lipinski definition) is 2. The van der Waals surface area contributed by atoms with Gasteiger partial charge in [-0.1, -0.05) is 190 Å². The average molecular weight is 832 g/mol. The van der Waals surface area contributed by atoms with E-state index in [1.54, 1.807) is 0 Å². The van der Waals surface area contributed by atoms with Gasteiger partial charge in [0.15, 0.2) is 0 Å². The van der Waals surface area contributed by atoms with Gasteiger partial charge in [-0.05, 0) is 139 Å². The molecule has 1 aliphatic heterocycles. The van der Waals surface area contributed by atoms with E-state index < -0.39 is 0 Å². The number of benzene rings is 10. The summed E-state index contributed by atoms with van der Waals surface area (Å²) in [5.41, 5.74) is 22.2. The standard InChI is InChI=1S/C63H45NO/c1-63(2)59-24-13-12-23-54(59)55-34-31-52(41-60(55)63)64(50-22-14-21-47(37-50)43-17-8-4-9-18-43)51-32-36-62-58(40-51)53-33-29-48(44-19-10-5-11-20-44)38-56(53)57-39-49(30-35-61(57)65-62)46-27-25-45(26-28-46)42-15-6-3-7-16-42/h3-41H,1-2H3. The van der Waals surface area contributed by atoms with Crippen molar-refractivity contribution in [1.82, 2.24) is 0 Å². The molecule has 1 aliphatic carbocycles. The first kappa shape index (κ1) is 38.5. The summed E-state index contributed by atoms with van der Waals surface area (Å²) in [6, 6.07) is 85.8. The molecule has 65 heavy (non-hydrogen) atoms. The highest BCUT2D eigenvalue weighted by molar-refractivity contribution is 5.96. The van der Waals surface area contributed by atoms with Crippen LogP contribution in [-0.4, -0.2) is 0 Å². The molecule has 0 N–H and O–H groups in total. The maximum atomic E-state index is 7.03. The summed E-state index contributed by atoms with van der Waals surface area (Å²) >= 11 is 0. The van der Waals surface area contributed by atoms with Crippen molar-refractivity contribution in [2.75, 3.05) is 4.90 Å². The predicted molar refractivity (Wildman–Crippen MR) is 271 cm³/mol. The zero-order valence-corrected chi connectivity index (χ0v) is 36.4. The summed E-state index contributed by atoms with van der Waals surface area (Å²) in [7, 11) is 0. The highest BCUT2D eigenvalue weighted by Crippen LogP contribution is 2.53. The van der Waals surface area contributed by atoms with Gasteiger partial charge in [0.1, 0.15) is 11.5 Å². The quantitative estimate of drug-likeness (QED) is 0.159. The van der Waals surface area contributed by atoms with E-state index in [1.807, 2.05) is 0 Å². The van der Waals surface area contributed by atoms with Crippen molar-refractivity contribution in [2.45, 2.75) is 19.3 Å². The molecule has 1 heterocycles. The zero-order valence-electron chi connectivity index (χ0n) is 36.4. The Labute approximate surface area is 381 Å². The molecule has 0 radical (unpaired) electrons. The highest BCUT2D eigenvalue weighted by atomic mass is 16.5. The van der Waals surface area contributed by atoms with E-state index in [4.69, 9.17) is 4.74 Å². The Kier molecular flexibility index (Phi) is 9.21. The second-order valence-electron chi connectivity index (χ2n) is 17.7. The van der Waals surface area contributed by atoms with Crippen LogP contribution in [0.15, 0.2) is 237 Å². The normalized spacial score (nSPS) is 12.7. The zero-order chi connectivity index (χ0) is 43.5. The van der Waals surface area contributed by atoms with Crippen LogP contribution in [0.5, 0.6) is 11.5 Å². The largest absolute Gasteiger partial charge is 0.456 e. The summed E-state index contributed by atoms with van der Waals surface area (Å²) in [5, 5.41) is 0. The highest BCUT2D eigenvalue weighted by Gasteiger charge is 2.36. The molecule has 10 aromatic rings. The molecule has 0 atom stereocenters. The average Bonchev–Trinajstić information content (AvgIpc) is 3.50. The summed E-state index contributed by atoms with van der Waals surface area (Å²) in [6.07, 6.45) is 0. The third kappa shape index (κ3) is 6.74. The maximum Gasteiger partial charge on any atom is 0.135 e. The molecule has 0 amide bonds. The van der Waals surface area contributed by atoms with Gasteiger partial charge in [0.05, 0.1) is 0 Å². The van der Waals surface area contributed by atoms with Crippen LogP contribution in [0.2, 0.25) is 0 Å². The van der Waals surface area contributed by atoms with Crippen molar-refractivity contribution < 1.29 is 4.74 Å². The van der Waals surface area contributed by atoms with Crippen molar-refractivity contribution in [3.8, 4) is 89.4 Å². The fourth-order valence-electron chi connectivity index (χ4n) is 10.1. The first-order valence-electron chi connectivity index (χ1n) is 22.5. The SMILES string of the molecule is CC1(C)c2ccccc2-c2ccc(N(c3cccc(-c4ccccc4)c3)c3ccc4c(c3)-c3ccc(-c5ccccc5)cc3-c3cc(-c5ccc(-c6ccccc6)cc5)ccc3O4)cc21. The van der Waals surface area contributed by atoms with Gasteiger partial charge in [-0.3, -0.25) is 0 Å². The van der Waals surface area contributed by atoms with Gasteiger partial charge in [-0.2, -0.15) is 0 Å². The lowest BCUT2D eigenvalue weighted by atomic mass is 9.82. The molecule has 0 saturated heterocycles. The number of nitrogens with zero attached hydrogens (tertiary/aromatic N) is 1. The van der Waals surface area contributed by atoms with Crippen LogP contribution in [0.4, 0.5) is 17.1 Å². The van der Waals surface area contributed by atoms with Crippen molar-refractivity contribution in [3.63, 3.8) is 0 Å². The molecule has 0 bridgehead atoms. The van der Waals surface area contributed by atoms with Gasteiger partial charge in [0.25, 0.3) is 0 Å². The van der Waals surface area contributed by atoms with Gasteiger partial charge < -0.3 is 9.64 Å². The van der Waals surface area contributed by atoms with Gasteiger partial charge in [0.2, 0.25) is 0 Å². The van der Waals surface area contributed by atoms with Crippen LogP contribution in [0.25, 0.3) is 77.9 Å². The van der Waals surface area contributed by atoms with Crippen LogP contribution < -0.4 is 9.64 Å². The summed E-state index contributed by atoms with van der Waals surface area (Å²) in [5.74, 6) is 1.66. The maximum absolute atomic E-state index is 7.03. The Morgan fingerprint density at radius 1 is 0.277 bits per heavy atom. The summed E-state index contributed by atoms with van der Waals surface area (Å²) in [6.45, 7) is 4.70. The van der Waals surface area contributed by atoms with Crippen LogP contribution in [0.3, 0.4) is 0 Å². The second kappa shape index (κ2) is 15.6. The van der Waals surface area contributed by atoms with E-state index in [-0.39, 0.29) is 5.41 Å². The third-order valence-electron chi connectivity index (χ3n) is 13.5. The van der Waals surface area contributed by atoms with Gasteiger partial charge in [-0.15, -0.1) is 0 Å². The van der Waals surface area contributed by atoms with E-state index >= 15 is 0 Å². The van der Waals surface area contributed by atoms with E-state index in [1.165, 1.54) is 50.1 Å². The monoisotopic (exact) mass is 831 g/mol. The fraction of sp³-hybridized carbons (Fsp3) is 0.0476. The Hall–Kier alpha value is -8.20. The molecule has 12 rings (SSSR count). The Bertz CT molecular complexity index is 3410. The molecule has 2 aliphatic rings. The molecule has 2 heteroatoms. The van der Waals surface area contributed by atoms with Gasteiger partial charge >= 0.3 is 0 Å². The van der Waals surface area contributed by atoms with Crippen molar-refractivity contribution in [1.29, 1.82) is 0 Å². The van der Waals surface area contributed by atoms with Crippen LogP contribution >= 0.6 is 0 Å². The van der Waals surface area contributed by atoms with E-state index in [2.05, 4.69) is 255 Å². The van der Waals surface area contributed by atoms with E-state index in [0.29, 0.717) is 0 Å². The van der Waals surface area contributed by atoms with Crippen molar-refractivity contribution in [2.24, 2.45) is 0 Å². The Balaban J connectivity index is 1.02. The molecule has 308 valence electrons. The number of anilines is 3. The van der Waals surface area contributed by atoms with E-state index in [0.717, 1.165) is 67.5 Å². The minimum absolute atomic E-state index is 0.148. The van der Waals surface area contributed by atoms with Gasteiger partial charge in [-0.25, -0.2) is 0 Å². The number of hydrogen-bond donors (Lipinski definition) is 0. The van der Waals surface area contributed by atoms with Gasteiger partial charge in [0, 0.05) is 33.6 Å². The number of fused-ring (bicyclic) bond motifs is 8. The molecule has 0 saturated carbocycles. The minimum atomic E-state index is -0.148. The van der Waals surface area contributed by atoms with Crippen molar-refractivity contribution in [3.05, 3.63) is 248 Å². The Morgan fingerprint density at radius 3 is 1.40 bits per heavy atom. The molecule has 10 aromatic carbocycles. The smallest absolute Gasteiger partial charge is 0.135 e. The molecule has 0 unspecified atom stereocenters. The fourth-order valence-corrected chi connectivity index (χ4v) is 10.1. The topological polar surface area (TPSA) is 12.5 Å². The van der Waals surface area contributed by atoms with Crippen LogP contribution in [0, 0.1) is 0 Å². The predicted octanol–water partition coefficient (Wildman–Crippen LogP) is 17.6. The first-order chi connectivity index (χ1) is 32.0. The molecule has 2 nitrogen and oxygen atoms in total. The molecule has 0 spiro atoms. The Morgan fingerprint density at radius 2 is 0.708 bits per heavy atom. The summed E-state index contributed by atoms with van der Waals surface area (Å²) in [4.78, 5) is 2.42. The van der Waals surface area contributed by atoms with Crippen LogP contribution in [0.1, 0.15) is 25.0 Å². The minimum Gasteiger partial charge on any atom is -0.456 e. The lowest BCUT2D eigenvalue weighted by Gasteiger charge is -2.29. The molecule has 0 aromatic heterocycles. The number of ether oxygens (including phenoxy) is 1. The molecular weight excluding hydrogens is 787 g/mol. The third-order valence-corrected chi connectivity index (χ3v) is 13.5. The number of rotatable bonds is 7. The molecular formula is C63H45NO. The van der Waals surface area contributed by atoms with Crippen LogP contribution in [-0.2, 0) is 5.41 Å². The van der Waals surface area contributed by atoms with Crippen molar-refractivity contribution >= 4 is 17.1 Å². The lowest BCUT2D eigenvalue weighted by molar-refractivity contribution is 0.488. The lowest BCUT2D eigenvalue weighted by Crippen LogP contribution is -2.16. The summed E-state index contributed by atoms with van der Waals surface area (Å²) < 4.78 is 7.03. The molecule has 0 fully saturated rings. The second-order valence-corrected chi connectivity index (χ2v) is 17.7. The first-order valence-corrected chi connectivity index (χ1v) is 22.5. The van der Waals surface area contributed by atoms with E-state index in [9.17, 15) is 0 Å².